The summed E-state index contributed by atoms with van der Waals surface area (Å²) < 4.78 is 10.7. The van der Waals surface area contributed by atoms with E-state index in [1.807, 2.05) is 30.3 Å². The number of methoxy groups -OCH3 is 1. The molecule has 0 aliphatic carbocycles. The van der Waals surface area contributed by atoms with Gasteiger partial charge in [-0.15, -0.1) is 0 Å². The Hall–Kier alpha value is -2.66. The molecule has 0 aliphatic heterocycles. The van der Waals surface area contributed by atoms with Crippen LogP contribution in [0.3, 0.4) is 0 Å². The quantitative estimate of drug-likeness (QED) is 0.671. The minimum atomic E-state index is -0.180. The fraction of sp³-hybridized carbons (Fsp3) is 0.167. The summed E-state index contributed by atoms with van der Waals surface area (Å²) in [6.45, 7) is 0.783. The van der Waals surface area contributed by atoms with Crippen LogP contribution in [0.4, 0.5) is 0 Å². The maximum atomic E-state index is 12.1. The number of aromatic nitrogens is 1. The van der Waals surface area contributed by atoms with Crippen molar-refractivity contribution in [3.05, 3.63) is 59.2 Å². The van der Waals surface area contributed by atoms with E-state index in [0.717, 1.165) is 22.4 Å². The van der Waals surface area contributed by atoms with Crippen molar-refractivity contribution in [3.63, 3.8) is 0 Å². The highest BCUT2D eigenvalue weighted by molar-refractivity contribution is 6.31. The summed E-state index contributed by atoms with van der Waals surface area (Å²) in [5, 5.41) is 4.39. The molecule has 0 atom stereocenters. The summed E-state index contributed by atoms with van der Waals surface area (Å²) in [5.74, 6) is 1.32. The second kappa shape index (κ2) is 7.27. The third-order valence-electron chi connectivity index (χ3n) is 3.54. The number of carbonyl (C=O) groups is 1. The molecule has 0 spiro atoms. The largest absolute Gasteiger partial charge is 0.497 e. The molecule has 0 saturated carbocycles. The number of halogens is 1. The monoisotopic (exact) mass is 344 g/mol. The molecule has 24 heavy (non-hydrogen) atoms. The fourth-order valence-corrected chi connectivity index (χ4v) is 2.49. The van der Waals surface area contributed by atoms with Gasteiger partial charge in [0.05, 0.1) is 13.7 Å². The summed E-state index contributed by atoms with van der Waals surface area (Å²) >= 11 is 5.94. The molecule has 0 unspecified atom stereocenters. The lowest BCUT2D eigenvalue weighted by Gasteiger charge is -2.07. The van der Waals surface area contributed by atoms with E-state index in [2.05, 4.69) is 10.3 Å². The van der Waals surface area contributed by atoms with Gasteiger partial charge in [0.2, 0.25) is 0 Å². The van der Waals surface area contributed by atoms with E-state index < -0.39 is 0 Å². The second-order valence-electron chi connectivity index (χ2n) is 5.19. The topological polar surface area (TPSA) is 63.4 Å². The molecule has 2 aromatic carbocycles. The second-order valence-corrected chi connectivity index (χ2v) is 5.63. The number of nitrogens with one attached hydrogen (secondary N) is 2. The number of carbonyl (C=O) groups excluding carboxylic acids is 1. The van der Waals surface area contributed by atoms with Crippen LogP contribution in [0, 0.1) is 0 Å². The van der Waals surface area contributed by atoms with Crippen molar-refractivity contribution >= 4 is 28.4 Å². The van der Waals surface area contributed by atoms with Crippen molar-refractivity contribution in [3.8, 4) is 11.5 Å². The molecule has 1 amide bonds. The molecule has 0 radical (unpaired) electrons. The lowest BCUT2D eigenvalue weighted by Crippen LogP contribution is -2.28. The summed E-state index contributed by atoms with van der Waals surface area (Å²) in [4.78, 5) is 15.2. The average Bonchev–Trinajstić information content (AvgIpc) is 3.02. The number of hydrogen-bond acceptors (Lipinski definition) is 3. The number of amides is 1. The van der Waals surface area contributed by atoms with Gasteiger partial charge < -0.3 is 19.8 Å². The Morgan fingerprint density at radius 2 is 1.88 bits per heavy atom. The van der Waals surface area contributed by atoms with Gasteiger partial charge in [0.25, 0.3) is 5.91 Å². The third kappa shape index (κ3) is 3.81. The molecule has 124 valence electrons. The SMILES string of the molecule is COc1ccc(OCCNC(=O)c2cc3ccc(Cl)cc3[nH]2)cc1. The van der Waals surface area contributed by atoms with Crippen molar-refractivity contribution in [2.24, 2.45) is 0 Å². The smallest absolute Gasteiger partial charge is 0.267 e. The summed E-state index contributed by atoms with van der Waals surface area (Å²) in [7, 11) is 1.61. The van der Waals surface area contributed by atoms with E-state index in [9.17, 15) is 4.79 Å². The standard InChI is InChI=1S/C18H17ClN2O3/c1-23-14-4-6-15(7-5-14)24-9-8-20-18(22)17-10-12-2-3-13(19)11-16(12)21-17/h2-7,10-11,21H,8-9H2,1H3,(H,20,22). The van der Waals surface area contributed by atoms with E-state index in [-0.39, 0.29) is 5.91 Å². The van der Waals surface area contributed by atoms with Crippen LogP contribution in [-0.2, 0) is 0 Å². The Balaban J connectivity index is 1.51. The van der Waals surface area contributed by atoms with E-state index >= 15 is 0 Å². The Kier molecular flexibility index (Phi) is 4.91. The molecule has 0 saturated heterocycles. The van der Waals surface area contributed by atoms with Gasteiger partial charge in [-0.05, 0) is 42.5 Å². The number of rotatable bonds is 6. The highest BCUT2D eigenvalue weighted by atomic mass is 35.5. The fourth-order valence-electron chi connectivity index (χ4n) is 2.32. The van der Waals surface area contributed by atoms with Gasteiger partial charge in [-0.25, -0.2) is 0 Å². The molecule has 5 nitrogen and oxygen atoms in total. The van der Waals surface area contributed by atoms with Gasteiger partial charge in [0.1, 0.15) is 23.8 Å². The van der Waals surface area contributed by atoms with Crippen molar-refractivity contribution in [2.45, 2.75) is 0 Å². The van der Waals surface area contributed by atoms with Crippen LogP contribution in [0.1, 0.15) is 10.5 Å². The lowest BCUT2D eigenvalue weighted by molar-refractivity contribution is 0.0943. The number of fused-ring (bicyclic) bond motifs is 1. The van der Waals surface area contributed by atoms with Crippen LogP contribution in [-0.4, -0.2) is 31.2 Å². The highest BCUT2D eigenvalue weighted by Crippen LogP contribution is 2.20. The van der Waals surface area contributed by atoms with Gasteiger partial charge in [0, 0.05) is 15.9 Å². The van der Waals surface area contributed by atoms with Gasteiger partial charge in [-0.1, -0.05) is 17.7 Å². The normalized spacial score (nSPS) is 10.6. The molecule has 3 aromatic rings. The number of hydrogen-bond donors (Lipinski definition) is 2. The molecule has 0 fully saturated rings. The molecular weight excluding hydrogens is 328 g/mol. The molecule has 1 heterocycles. The van der Waals surface area contributed by atoms with Crippen molar-refractivity contribution in [1.82, 2.24) is 10.3 Å². The molecule has 3 rings (SSSR count). The first-order valence-corrected chi connectivity index (χ1v) is 7.87. The highest BCUT2D eigenvalue weighted by Gasteiger charge is 2.09. The van der Waals surface area contributed by atoms with Crippen molar-refractivity contribution in [1.29, 1.82) is 0 Å². The third-order valence-corrected chi connectivity index (χ3v) is 3.78. The first-order chi connectivity index (χ1) is 11.7. The maximum absolute atomic E-state index is 12.1. The molecule has 0 aliphatic rings. The van der Waals surface area contributed by atoms with Crippen LogP contribution < -0.4 is 14.8 Å². The van der Waals surface area contributed by atoms with Gasteiger partial charge >= 0.3 is 0 Å². The molecule has 6 heteroatoms. The van der Waals surface area contributed by atoms with Crippen LogP contribution in [0.2, 0.25) is 5.02 Å². The average molecular weight is 345 g/mol. The minimum Gasteiger partial charge on any atom is -0.497 e. The minimum absolute atomic E-state index is 0.180. The first kappa shape index (κ1) is 16.2. The summed E-state index contributed by atoms with van der Waals surface area (Å²) in [5.41, 5.74) is 1.33. The molecule has 0 bridgehead atoms. The van der Waals surface area contributed by atoms with Crippen molar-refractivity contribution < 1.29 is 14.3 Å². The van der Waals surface area contributed by atoms with Gasteiger partial charge in [0.15, 0.2) is 0 Å². The lowest BCUT2D eigenvalue weighted by atomic mass is 10.2. The number of benzene rings is 2. The molecule has 1 aromatic heterocycles. The zero-order chi connectivity index (χ0) is 16.9. The first-order valence-electron chi connectivity index (χ1n) is 7.49. The van der Waals surface area contributed by atoms with Crippen LogP contribution >= 0.6 is 11.6 Å². The zero-order valence-electron chi connectivity index (χ0n) is 13.1. The number of ether oxygens (including phenoxy) is 2. The Morgan fingerprint density at radius 1 is 1.12 bits per heavy atom. The van der Waals surface area contributed by atoms with Crippen LogP contribution in [0.25, 0.3) is 10.9 Å². The van der Waals surface area contributed by atoms with Crippen molar-refractivity contribution in [2.75, 3.05) is 20.3 Å². The predicted molar refractivity (Wildman–Crippen MR) is 94.1 cm³/mol. The Labute approximate surface area is 144 Å². The van der Waals surface area contributed by atoms with Gasteiger partial charge in [-0.3, -0.25) is 4.79 Å². The van der Waals surface area contributed by atoms with Crippen LogP contribution in [0.5, 0.6) is 11.5 Å². The maximum Gasteiger partial charge on any atom is 0.267 e. The summed E-state index contributed by atoms with van der Waals surface area (Å²) in [6, 6.07) is 14.5. The van der Waals surface area contributed by atoms with E-state index in [1.54, 1.807) is 25.3 Å². The number of H-pyrrole nitrogens is 1. The van der Waals surface area contributed by atoms with Gasteiger partial charge in [-0.2, -0.15) is 0 Å². The Bertz CT molecular complexity index is 843. The zero-order valence-corrected chi connectivity index (χ0v) is 13.9. The van der Waals surface area contributed by atoms with E-state index in [4.69, 9.17) is 21.1 Å². The van der Waals surface area contributed by atoms with E-state index in [0.29, 0.717) is 23.9 Å². The number of aromatic amines is 1. The summed E-state index contributed by atoms with van der Waals surface area (Å²) in [6.07, 6.45) is 0. The molecule has 2 N–H and O–H groups in total. The molecular formula is C18H17ClN2O3. The predicted octanol–water partition coefficient (Wildman–Crippen LogP) is 3.64. The van der Waals surface area contributed by atoms with Crippen LogP contribution in [0.15, 0.2) is 48.5 Å². The Morgan fingerprint density at radius 3 is 2.62 bits per heavy atom. The van der Waals surface area contributed by atoms with E-state index in [1.165, 1.54) is 0 Å².